The molecule has 0 aliphatic rings. The van der Waals surface area contributed by atoms with Crippen molar-refractivity contribution in [2.75, 3.05) is 17.6 Å². The first-order valence-electron chi connectivity index (χ1n) is 5.14. The molecule has 0 unspecified atom stereocenters. The highest BCUT2D eigenvalue weighted by atomic mass is 32.2. The van der Waals surface area contributed by atoms with Crippen LogP contribution in [0.5, 0.6) is 0 Å². The van der Waals surface area contributed by atoms with Crippen molar-refractivity contribution in [3.8, 4) is 0 Å². The summed E-state index contributed by atoms with van der Waals surface area (Å²) in [6.07, 6.45) is 1.68. The molecule has 90 valence electrons. The van der Waals surface area contributed by atoms with Crippen molar-refractivity contribution in [1.82, 2.24) is 4.98 Å². The van der Waals surface area contributed by atoms with E-state index in [1.54, 1.807) is 6.20 Å². The summed E-state index contributed by atoms with van der Waals surface area (Å²) >= 11 is 0. The molecule has 0 aliphatic heterocycles. The molecular weight excluding hydrogens is 238 g/mol. The number of aromatic nitrogens is 1. The third kappa shape index (κ3) is 3.15. The number of benzene rings is 1. The lowest BCUT2D eigenvalue weighted by atomic mass is 10.1. The van der Waals surface area contributed by atoms with E-state index in [4.69, 9.17) is 5.14 Å². The Bertz CT molecular complexity index is 620. The second-order valence-corrected chi connectivity index (χ2v) is 5.41. The number of primary sulfonamides is 1. The number of pyridine rings is 1. The van der Waals surface area contributed by atoms with Crippen molar-refractivity contribution in [1.29, 1.82) is 0 Å². The first kappa shape index (κ1) is 11.8. The Balaban J connectivity index is 2.19. The van der Waals surface area contributed by atoms with Gasteiger partial charge in [0.05, 0.1) is 5.75 Å². The molecule has 1 aromatic heterocycles. The van der Waals surface area contributed by atoms with E-state index in [2.05, 4.69) is 10.3 Å². The smallest absolute Gasteiger partial charge is 0.210 e. The van der Waals surface area contributed by atoms with E-state index in [0.717, 1.165) is 10.8 Å². The van der Waals surface area contributed by atoms with Crippen LogP contribution >= 0.6 is 0 Å². The minimum absolute atomic E-state index is 0.113. The number of hydrogen-bond donors (Lipinski definition) is 2. The van der Waals surface area contributed by atoms with Gasteiger partial charge in [-0.25, -0.2) is 18.5 Å². The van der Waals surface area contributed by atoms with Gasteiger partial charge in [0.25, 0.3) is 0 Å². The molecule has 17 heavy (non-hydrogen) atoms. The zero-order chi connectivity index (χ0) is 12.3. The number of rotatable bonds is 4. The molecule has 0 atom stereocenters. The van der Waals surface area contributed by atoms with Crippen molar-refractivity contribution in [2.24, 2.45) is 5.14 Å². The van der Waals surface area contributed by atoms with E-state index in [1.807, 2.05) is 30.3 Å². The molecular formula is C11H13N3O2S. The maximum atomic E-state index is 10.8. The average Bonchev–Trinajstić information content (AvgIpc) is 2.28. The van der Waals surface area contributed by atoms with Crippen LogP contribution in [0.25, 0.3) is 10.8 Å². The molecule has 1 heterocycles. The normalized spacial score (nSPS) is 11.6. The molecule has 0 saturated carbocycles. The van der Waals surface area contributed by atoms with E-state index < -0.39 is 10.0 Å². The van der Waals surface area contributed by atoms with Crippen LogP contribution in [-0.4, -0.2) is 25.7 Å². The first-order valence-corrected chi connectivity index (χ1v) is 6.86. The minimum Gasteiger partial charge on any atom is -0.368 e. The molecule has 6 heteroatoms. The highest BCUT2D eigenvalue weighted by Gasteiger charge is 2.04. The SMILES string of the molecule is NS(=O)(=O)CCNc1nccc2ccccc12. The van der Waals surface area contributed by atoms with E-state index >= 15 is 0 Å². The van der Waals surface area contributed by atoms with E-state index in [9.17, 15) is 8.42 Å². The molecule has 1 aromatic carbocycles. The van der Waals surface area contributed by atoms with Gasteiger partial charge >= 0.3 is 0 Å². The molecule has 0 amide bonds. The summed E-state index contributed by atoms with van der Waals surface area (Å²) in [4.78, 5) is 4.18. The van der Waals surface area contributed by atoms with Gasteiger partial charge in [-0.3, -0.25) is 0 Å². The topological polar surface area (TPSA) is 85.1 Å². The Morgan fingerprint density at radius 1 is 1.24 bits per heavy atom. The van der Waals surface area contributed by atoms with Crippen LogP contribution in [0.4, 0.5) is 5.82 Å². The van der Waals surface area contributed by atoms with Gasteiger partial charge in [0, 0.05) is 18.1 Å². The van der Waals surface area contributed by atoms with Gasteiger partial charge in [-0.2, -0.15) is 0 Å². The van der Waals surface area contributed by atoms with Gasteiger partial charge in [-0.15, -0.1) is 0 Å². The zero-order valence-electron chi connectivity index (χ0n) is 9.13. The highest BCUT2D eigenvalue weighted by Crippen LogP contribution is 2.19. The third-order valence-corrected chi connectivity index (χ3v) is 3.13. The Hall–Kier alpha value is -1.66. The fourth-order valence-corrected chi connectivity index (χ4v) is 1.96. The molecule has 5 nitrogen and oxygen atoms in total. The van der Waals surface area contributed by atoms with E-state index in [0.29, 0.717) is 5.82 Å². The molecule has 0 bridgehead atoms. The maximum Gasteiger partial charge on any atom is 0.210 e. The van der Waals surface area contributed by atoms with Crippen molar-refractivity contribution in [3.63, 3.8) is 0 Å². The first-order chi connectivity index (χ1) is 8.06. The van der Waals surface area contributed by atoms with Crippen LogP contribution in [0.3, 0.4) is 0 Å². The minimum atomic E-state index is -3.44. The van der Waals surface area contributed by atoms with E-state index in [-0.39, 0.29) is 12.3 Å². The van der Waals surface area contributed by atoms with Crippen molar-refractivity contribution < 1.29 is 8.42 Å². The van der Waals surface area contributed by atoms with Crippen molar-refractivity contribution in [3.05, 3.63) is 36.5 Å². The fraction of sp³-hybridized carbons (Fsp3) is 0.182. The molecule has 0 fully saturated rings. The second kappa shape index (κ2) is 4.68. The average molecular weight is 251 g/mol. The van der Waals surface area contributed by atoms with Crippen LogP contribution in [0.1, 0.15) is 0 Å². The van der Waals surface area contributed by atoms with Gasteiger partial charge in [0.1, 0.15) is 5.82 Å². The standard InChI is InChI=1S/C11H13N3O2S/c12-17(15,16)8-7-14-11-10-4-2-1-3-9(10)5-6-13-11/h1-6H,7-8H2,(H,13,14)(H2,12,15,16). The van der Waals surface area contributed by atoms with Gasteiger partial charge in [0.15, 0.2) is 0 Å². The highest BCUT2D eigenvalue weighted by molar-refractivity contribution is 7.89. The summed E-state index contributed by atoms with van der Waals surface area (Å²) in [6, 6.07) is 9.66. The Morgan fingerprint density at radius 3 is 2.76 bits per heavy atom. The molecule has 2 rings (SSSR count). The summed E-state index contributed by atoms with van der Waals surface area (Å²) in [5.74, 6) is 0.560. The maximum absolute atomic E-state index is 10.8. The molecule has 0 radical (unpaired) electrons. The fourth-order valence-electron chi connectivity index (χ4n) is 1.57. The molecule has 0 spiro atoms. The van der Waals surface area contributed by atoms with Crippen LogP contribution in [0.2, 0.25) is 0 Å². The van der Waals surface area contributed by atoms with Gasteiger partial charge in [0.2, 0.25) is 10.0 Å². The second-order valence-electron chi connectivity index (χ2n) is 3.67. The summed E-state index contributed by atoms with van der Waals surface area (Å²) in [6.45, 7) is 0.250. The lowest BCUT2D eigenvalue weighted by molar-refractivity contribution is 0.598. The largest absolute Gasteiger partial charge is 0.368 e. The number of nitrogens with two attached hydrogens (primary N) is 1. The molecule has 0 saturated heterocycles. The van der Waals surface area contributed by atoms with Crippen molar-refractivity contribution >= 4 is 26.6 Å². The summed E-state index contributed by atoms with van der Waals surface area (Å²) in [7, 11) is -3.44. The van der Waals surface area contributed by atoms with Crippen LogP contribution in [-0.2, 0) is 10.0 Å². The number of fused-ring (bicyclic) bond motifs is 1. The molecule has 0 aliphatic carbocycles. The van der Waals surface area contributed by atoms with Crippen LogP contribution in [0, 0.1) is 0 Å². The Kier molecular flexibility index (Phi) is 3.26. The third-order valence-electron chi connectivity index (χ3n) is 2.35. The van der Waals surface area contributed by atoms with Crippen molar-refractivity contribution in [2.45, 2.75) is 0 Å². The molecule has 2 aromatic rings. The lowest BCUT2D eigenvalue weighted by Crippen LogP contribution is -2.22. The lowest BCUT2D eigenvalue weighted by Gasteiger charge is -2.07. The number of sulfonamides is 1. The number of anilines is 1. The van der Waals surface area contributed by atoms with Gasteiger partial charge in [-0.05, 0) is 11.5 Å². The summed E-state index contributed by atoms with van der Waals surface area (Å²) in [5, 5.41) is 9.92. The van der Waals surface area contributed by atoms with E-state index in [1.165, 1.54) is 0 Å². The predicted octanol–water partition coefficient (Wildman–Crippen LogP) is 0.935. The van der Waals surface area contributed by atoms with Gasteiger partial charge < -0.3 is 5.32 Å². The molecule has 3 N–H and O–H groups in total. The van der Waals surface area contributed by atoms with Gasteiger partial charge in [-0.1, -0.05) is 24.3 Å². The summed E-state index contributed by atoms with van der Waals surface area (Å²) in [5.41, 5.74) is 0. The number of hydrogen-bond acceptors (Lipinski definition) is 4. The zero-order valence-corrected chi connectivity index (χ0v) is 9.94. The number of nitrogens with one attached hydrogen (secondary N) is 1. The quantitative estimate of drug-likeness (QED) is 0.846. The summed E-state index contributed by atoms with van der Waals surface area (Å²) < 4.78 is 21.6. The number of nitrogens with zero attached hydrogens (tertiary/aromatic N) is 1. The predicted molar refractivity (Wildman–Crippen MR) is 68.2 cm³/mol. The Labute approximate surface area is 99.7 Å². The monoisotopic (exact) mass is 251 g/mol. The van der Waals surface area contributed by atoms with Crippen LogP contribution in [0.15, 0.2) is 36.5 Å². The van der Waals surface area contributed by atoms with Crippen LogP contribution < -0.4 is 10.5 Å². The Morgan fingerprint density at radius 2 is 2.00 bits per heavy atom.